The predicted molar refractivity (Wildman–Crippen MR) is 115 cm³/mol. The molecule has 3 heterocycles. The monoisotopic (exact) mass is 422 g/mol. The molecule has 0 spiro atoms. The molecular weight excluding hydrogens is 404 g/mol. The van der Waals surface area contributed by atoms with Crippen molar-refractivity contribution in [3.05, 3.63) is 71.5 Å². The van der Waals surface area contributed by atoms with Crippen LogP contribution in [0.2, 0.25) is 0 Å². The van der Waals surface area contributed by atoms with E-state index in [2.05, 4.69) is 37.6 Å². The lowest BCUT2D eigenvalue weighted by molar-refractivity contribution is -0.113. The van der Waals surface area contributed by atoms with E-state index < -0.39 is 0 Å². The van der Waals surface area contributed by atoms with Gasteiger partial charge < -0.3 is 9.88 Å². The Balaban J connectivity index is 1.36. The Morgan fingerprint density at radius 3 is 2.72 bits per heavy atom. The molecule has 29 heavy (non-hydrogen) atoms. The zero-order valence-corrected chi connectivity index (χ0v) is 17.3. The number of benzene rings is 1. The van der Waals surface area contributed by atoms with Crippen molar-refractivity contribution in [1.29, 1.82) is 0 Å². The first-order chi connectivity index (χ1) is 14.2. The van der Waals surface area contributed by atoms with Gasteiger partial charge in [0.2, 0.25) is 5.91 Å². The number of hydrogen-bond acceptors (Lipinski definition) is 7. The van der Waals surface area contributed by atoms with Crippen LogP contribution in [-0.2, 0) is 11.3 Å². The smallest absolute Gasteiger partial charge is 0.236 e. The van der Waals surface area contributed by atoms with E-state index in [1.807, 2.05) is 53.3 Å². The third-order valence-electron chi connectivity index (χ3n) is 4.10. The van der Waals surface area contributed by atoms with E-state index in [1.165, 1.54) is 23.1 Å². The summed E-state index contributed by atoms with van der Waals surface area (Å²) in [6.45, 7) is 2.58. The average molecular weight is 423 g/mol. The van der Waals surface area contributed by atoms with Gasteiger partial charge in [-0.3, -0.25) is 9.78 Å². The number of nitrogens with zero attached hydrogens (tertiary/aromatic N) is 5. The van der Waals surface area contributed by atoms with Gasteiger partial charge in [-0.25, -0.2) is 4.98 Å². The number of thioether (sulfide) groups is 1. The maximum absolute atomic E-state index is 12.4. The van der Waals surface area contributed by atoms with E-state index in [4.69, 9.17) is 0 Å². The molecule has 146 valence electrons. The molecule has 0 bridgehead atoms. The average Bonchev–Trinajstić information content (AvgIpc) is 3.35. The number of rotatable bonds is 7. The molecule has 0 fully saturated rings. The van der Waals surface area contributed by atoms with Gasteiger partial charge in [0.25, 0.3) is 0 Å². The summed E-state index contributed by atoms with van der Waals surface area (Å²) >= 11 is 2.74. The van der Waals surface area contributed by atoms with Crippen LogP contribution in [0.25, 0.3) is 11.4 Å². The summed E-state index contributed by atoms with van der Waals surface area (Å²) in [6, 6.07) is 15.8. The Morgan fingerprint density at radius 2 is 1.93 bits per heavy atom. The Hall–Kier alpha value is -3.04. The lowest BCUT2D eigenvalue weighted by atomic mass is 10.2. The maximum atomic E-state index is 12.4. The highest BCUT2D eigenvalue weighted by Gasteiger charge is 2.14. The van der Waals surface area contributed by atoms with E-state index in [9.17, 15) is 4.79 Å². The van der Waals surface area contributed by atoms with E-state index in [1.54, 1.807) is 6.20 Å². The normalized spacial score (nSPS) is 10.8. The van der Waals surface area contributed by atoms with Gasteiger partial charge in [0.1, 0.15) is 11.5 Å². The van der Waals surface area contributed by atoms with Crippen molar-refractivity contribution in [2.45, 2.75) is 18.6 Å². The molecule has 0 unspecified atom stereocenters. The first kappa shape index (κ1) is 19.3. The van der Waals surface area contributed by atoms with Crippen LogP contribution in [-0.4, -0.2) is 36.4 Å². The van der Waals surface area contributed by atoms with Crippen LogP contribution in [0.1, 0.15) is 11.4 Å². The number of hydrogen-bond donors (Lipinski definition) is 1. The Labute approximate surface area is 176 Å². The zero-order chi connectivity index (χ0) is 20.1. The fraction of sp³-hybridized carbons (Fsp3) is 0.150. The van der Waals surface area contributed by atoms with Crippen LogP contribution in [0, 0.1) is 6.92 Å². The first-order valence-electron chi connectivity index (χ1n) is 8.92. The summed E-state index contributed by atoms with van der Waals surface area (Å²) in [4.78, 5) is 21.1. The highest BCUT2D eigenvalue weighted by Crippen LogP contribution is 2.24. The number of nitrogens with one attached hydrogen (secondary N) is 1. The van der Waals surface area contributed by atoms with E-state index in [-0.39, 0.29) is 11.7 Å². The van der Waals surface area contributed by atoms with E-state index >= 15 is 0 Å². The minimum Gasteiger partial charge on any atom is -0.302 e. The minimum atomic E-state index is -0.135. The molecular formula is C20H18N6OS2. The van der Waals surface area contributed by atoms with Crippen LogP contribution in [0.15, 0.2) is 65.3 Å². The number of anilines is 1. The summed E-state index contributed by atoms with van der Waals surface area (Å²) in [5.41, 5.74) is 2.69. The van der Waals surface area contributed by atoms with Gasteiger partial charge in [0.05, 0.1) is 18.0 Å². The van der Waals surface area contributed by atoms with Crippen molar-refractivity contribution >= 4 is 34.1 Å². The number of carbonyl (C=O) groups excluding carboxylic acids is 1. The molecule has 9 heteroatoms. The summed E-state index contributed by atoms with van der Waals surface area (Å²) in [6.07, 6.45) is 1.72. The second kappa shape index (κ2) is 8.97. The van der Waals surface area contributed by atoms with Crippen molar-refractivity contribution in [3.8, 4) is 11.4 Å². The van der Waals surface area contributed by atoms with Crippen molar-refractivity contribution in [2.24, 2.45) is 0 Å². The SMILES string of the molecule is Cc1nnc(SCC(=O)Nc2nc(-c3ccccn3)cs2)n1Cc1ccccc1. The van der Waals surface area contributed by atoms with Crippen molar-refractivity contribution in [2.75, 3.05) is 11.1 Å². The molecule has 1 aromatic carbocycles. The number of pyridine rings is 1. The van der Waals surface area contributed by atoms with Gasteiger partial charge in [0, 0.05) is 11.6 Å². The highest BCUT2D eigenvalue weighted by atomic mass is 32.2. The number of thiazole rings is 1. The lowest BCUT2D eigenvalue weighted by Gasteiger charge is -2.08. The molecule has 0 radical (unpaired) electrons. The number of carbonyl (C=O) groups is 1. The standard InChI is InChI=1S/C20H18N6OS2/c1-14-24-25-20(26(14)11-15-7-3-2-4-8-15)29-13-18(27)23-19-22-17(12-28-19)16-9-5-6-10-21-16/h2-10,12H,11,13H2,1H3,(H,22,23,27). The fourth-order valence-corrected chi connectivity index (χ4v) is 4.17. The first-order valence-corrected chi connectivity index (χ1v) is 10.8. The molecule has 0 aliphatic heterocycles. The number of amides is 1. The lowest BCUT2D eigenvalue weighted by Crippen LogP contribution is -2.14. The molecule has 1 amide bonds. The Bertz CT molecular complexity index is 1090. The van der Waals surface area contributed by atoms with Crippen molar-refractivity contribution in [1.82, 2.24) is 24.7 Å². The topological polar surface area (TPSA) is 85.6 Å². The van der Waals surface area contributed by atoms with Crippen LogP contribution >= 0.6 is 23.1 Å². The number of aryl methyl sites for hydroxylation is 1. The van der Waals surface area contributed by atoms with Gasteiger partial charge in [-0.1, -0.05) is 48.2 Å². The predicted octanol–water partition coefficient (Wildman–Crippen LogP) is 3.88. The summed E-state index contributed by atoms with van der Waals surface area (Å²) in [7, 11) is 0. The second-order valence-electron chi connectivity index (χ2n) is 6.19. The molecule has 1 N–H and O–H groups in total. The molecule has 4 rings (SSSR count). The van der Waals surface area contributed by atoms with Crippen molar-refractivity contribution < 1.29 is 4.79 Å². The minimum absolute atomic E-state index is 0.135. The van der Waals surface area contributed by atoms with Crippen LogP contribution in [0.5, 0.6) is 0 Å². The molecule has 3 aromatic heterocycles. The van der Waals surface area contributed by atoms with Gasteiger partial charge in [-0.15, -0.1) is 21.5 Å². The van der Waals surface area contributed by atoms with Gasteiger partial charge in [-0.2, -0.15) is 0 Å². The fourth-order valence-electron chi connectivity index (χ4n) is 2.66. The largest absolute Gasteiger partial charge is 0.302 e. The van der Waals surface area contributed by atoms with E-state index in [0.717, 1.165) is 27.9 Å². The van der Waals surface area contributed by atoms with Crippen LogP contribution < -0.4 is 5.32 Å². The molecule has 0 atom stereocenters. The molecule has 0 aliphatic carbocycles. The van der Waals surface area contributed by atoms with Crippen molar-refractivity contribution in [3.63, 3.8) is 0 Å². The molecule has 7 nitrogen and oxygen atoms in total. The maximum Gasteiger partial charge on any atom is 0.236 e. The Kier molecular flexibility index (Phi) is 5.97. The second-order valence-corrected chi connectivity index (χ2v) is 7.99. The summed E-state index contributed by atoms with van der Waals surface area (Å²) < 4.78 is 2.01. The van der Waals surface area contributed by atoms with Gasteiger partial charge >= 0.3 is 0 Å². The third kappa shape index (κ3) is 4.87. The molecule has 0 saturated heterocycles. The van der Waals surface area contributed by atoms with Gasteiger partial charge in [-0.05, 0) is 24.6 Å². The zero-order valence-electron chi connectivity index (χ0n) is 15.6. The molecule has 0 aliphatic rings. The van der Waals surface area contributed by atoms with Crippen LogP contribution in [0.3, 0.4) is 0 Å². The molecule has 4 aromatic rings. The summed E-state index contributed by atoms with van der Waals surface area (Å²) in [5, 5.41) is 14.4. The van der Waals surface area contributed by atoms with Gasteiger partial charge in [0.15, 0.2) is 10.3 Å². The van der Waals surface area contributed by atoms with E-state index in [0.29, 0.717) is 11.7 Å². The third-order valence-corrected chi connectivity index (χ3v) is 5.82. The Morgan fingerprint density at radius 1 is 1.10 bits per heavy atom. The quantitative estimate of drug-likeness (QED) is 0.455. The van der Waals surface area contributed by atoms with Crippen LogP contribution in [0.4, 0.5) is 5.13 Å². The highest BCUT2D eigenvalue weighted by molar-refractivity contribution is 7.99. The number of aromatic nitrogens is 5. The summed E-state index contributed by atoms with van der Waals surface area (Å²) in [5.74, 6) is 0.909. The molecule has 0 saturated carbocycles.